The second-order valence-corrected chi connectivity index (χ2v) is 11.2. The fraction of sp³-hybridized carbons (Fsp3) is 0.0938. The van der Waals surface area contributed by atoms with Crippen molar-refractivity contribution in [1.82, 2.24) is 10.3 Å². The van der Waals surface area contributed by atoms with Gasteiger partial charge in [-0.3, -0.25) is 15.1 Å². The number of ether oxygens (including phenoxy) is 1. The minimum atomic E-state index is -0.421. The Morgan fingerprint density at radius 3 is 2.42 bits per heavy atom. The van der Waals surface area contributed by atoms with Gasteiger partial charge in [0.1, 0.15) is 17.6 Å². The monoisotopic (exact) mass is 608 g/mol. The molecule has 9 nitrogen and oxygen atoms in total. The molecule has 0 amide bonds. The number of esters is 1. The quantitative estimate of drug-likeness (QED) is 0.0830. The molecule has 2 aromatic heterocycles. The van der Waals surface area contributed by atoms with Crippen LogP contribution in [0.5, 0.6) is 0 Å². The number of carbonyl (C=O) groups is 1. The van der Waals surface area contributed by atoms with Crippen molar-refractivity contribution in [3.05, 3.63) is 136 Å². The lowest BCUT2D eigenvalue weighted by Crippen LogP contribution is -2.29. The average Bonchev–Trinajstić information content (AvgIpc) is 3.66. The summed E-state index contributed by atoms with van der Waals surface area (Å²) in [6, 6.07) is 30.4. The Bertz CT molecular complexity index is 1790. The first-order valence-electron chi connectivity index (χ1n) is 13.2. The highest BCUT2D eigenvalue weighted by atomic mass is 32.2. The number of aromatic nitrogens is 1. The van der Waals surface area contributed by atoms with Gasteiger partial charge in [0.2, 0.25) is 0 Å². The maximum Gasteiger partial charge on any atom is 0.337 e. The molecule has 0 unspecified atom stereocenters. The van der Waals surface area contributed by atoms with E-state index in [9.17, 15) is 14.9 Å². The third kappa shape index (κ3) is 5.85. The first-order chi connectivity index (χ1) is 20.9. The zero-order valence-electron chi connectivity index (χ0n) is 22.7. The summed E-state index contributed by atoms with van der Waals surface area (Å²) in [5, 5.41) is 14.9. The molecule has 0 spiro atoms. The van der Waals surface area contributed by atoms with Crippen molar-refractivity contribution in [3.8, 4) is 11.3 Å². The molecule has 11 heteroatoms. The Kier molecular flexibility index (Phi) is 7.91. The Morgan fingerprint density at radius 2 is 1.74 bits per heavy atom. The Labute approximate surface area is 256 Å². The fourth-order valence-corrected chi connectivity index (χ4v) is 6.12. The lowest BCUT2D eigenvalue weighted by atomic mass is 10.0. The molecule has 1 aliphatic rings. The van der Waals surface area contributed by atoms with Crippen LogP contribution in [-0.2, 0) is 4.74 Å². The van der Waals surface area contributed by atoms with E-state index < -0.39 is 10.9 Å². The molecule has 0 radical (unpaired) electrons. The standard InChI is InChI=1S/C32H24N4O5S2/c1-40-31(37)21-6-4-5-20(19-21)27-16-17-28(41-27)30-29(26-7-2-3-18-33-26)34-32(42)35(30)22-8-12-24(13-9-22)43-25-14-10-23(11-15-25)36(38)39/h2-19,29-30H,1H3,(H,34,42)/t29-,30-/m0/s1. The van der Waals surface area contributed by atoms with Crippen LogP contribution in [0.4, 0.5) is 11.4 Å². The molecule has 6 rings (SSSR count). The maximum atomic E-state index is 12.1. The number of hydrogen-bond donors (Lipinski definition) is 1. The van der Waals surface area contributed by atoms with E-state index in [0.717, 1.165) is 26.7 Å². The molecule has 1 N–H and O–H groups in total. The van der Waals surface area contributed by atoms with E-state index in [1.807, 2.05) is 65.6 Å². The molecule has 1 aliphatic heterocycles. The number of rotatable bonds is 8. The van der Waals surface area contributed by atoms with E-state index in [2.05, 4.69) is 10.3 Å². The first kappa shape index (κ1) is 28.1. The summed E-state index contributed by atoms with van der Waals surface area (Å²) in [7, 11) is 1.35. The number of hydrogen-bond acceptors (Lipinski definition) is 8. The summed E-state index contributed by atoms with van der Waals surface area (Å²) in [5.41, 5.74) is 2.91. The van der Waals surface area contributed by atoms with E-state index in [4.69, 9.17) is 21.4 Å². The number of nitrogens with zero attached hydrogens (tertiary/aromatic N) is 3. The summed E-state index contributed by atoms with van der Waals surface area (Å²) < 4.78 is 11.3. The van der Waals surface area contributed by atoms with Crippen LogP contribution < -0.4 is 10.2 Å². The van der Waals surface area contributed by atoms with Gasteiger partial charge in [-0.05, 0) is 85.0 Å². The highest BCUT2D eigenvalue weighted by Crippen LogP contribution is 2.43. The van der Waals surface area contributed by atoms with Crippen molar-refractivity contribution in [1.29, 1.82) is 0 Å². The Morgan fingerprint density at radius 1 is 1.00 bits per heavy atom. The van der Waals surface area contributed by atoms with Crippen LogP contribution in [0, 0.1) is 10.1 Å². The lowest BCUT2D eigenvalue weighted by Gasteiger charge is -2.26. The number of methoxy groups -OCH3 is 1. The Balaban J connectivity index is 1.32. The molecule has 214 valence electrons. The number of thiocarbonyl (C=S) groups is 1. The van der Waals surface area contributed by atoms with Crippen LogP contribution in [0.3, 0.4) is 0 Å². The van der Waals surface area contributed by atoms with E-state index >= 15 is 0 Å². The summed E-state index contributed by atoms with van der Waals surface area (Å²) in [5.74, 6) is 0.856. The third-order valence-corrected chi connectivity index (χ3v) is 8.31. The minimum Gasteiger partial charge on any atom is -0.465 e. The summed E-state index contributed by atoms with van der Waals surface area (Å²) in [6.45, 7) is 0. The van der Waals surface area contributed by atoms with Gasteiger partial charge in [0, 0.05) is 39.4 Å². The van der Waals surface area contributed by atoms with E-state index in [1.54, 1.807) is 36.5 Å². The van der Waals surface area contributed by atoms with Crippen molar-refractivity contribution in [2.45, 2.75) is 21.9 Å². The number of carbonyl (C=O) groups excluding carboxylic acids is 1. The molecule has 5 aromatic rings. The number of non-ortho nitro benzene ring substituents is 1. The number of benzene rings is 3. The zero-order valence-corrected chi connectivity index (χ0v) is 24.4. The van der Waals surface area contributed by atoms with Crippen molar-refractivity contribution in [3.63, 3.8) is 0 Å². The highest BCUT2D eigenvalue weighted by Gasteiger charge is 2.42. The average molecular weight is 609 g/mol. The van der Waals surface area contributed by atoms with Gasteiger partial charge in [0.25, 0.3) is 5.69 Å². The van der Waals surface area contributed by atoms with Crippen LogP contribution in [0.2, 0.25) is 0 Å². The second kappa shape index (κ2) is 12.1. The van der Waals surface area contributed by atoms with Gasteiger partial charge in [-0.2, -0.15) is 0 Å². The molecular formula is C32H24N4O5S2. The van der Waals surface area contributed by atoms with Crippen LogP contribution in [0.1, 0.15) is 33.9 Å². The second-order valence-electron chi connectivity index (χ2n) is 9.62. The molecule has 0 aliphatic carbocycles. The van der Waals surface area contributed by atoms with Gasteiger partial charge >= 0.3 is 5.97 Å². The Hall–Kier alpha value is -5.00. The van der Waals surface area contributed by atoms with Gasteiger partial charge in [-0.25, -0.2) is 4.79 Å². The van der Waals surface area contributed by atoms with Crippen molar-refractivity contribution in [2.24, 2.45) is 0 Å². The van der Waals surface area contributed by atoms with Gasteiger partial charge in [0.05, 0.1) is 29.3 Å². The molecule has 3 heterocycles. The van der Waals surface area contributed by atoms with Gasteiger partial charge in [-0.1, -0.05) is 30.0 Å². The topological polar surface area (TPSA) is 111 Å². The number of anilines is 1. The molecule has 0 saturated carbocycles. The molecular weight excluding hydrogens is 585 g/mol. The van der Waals surface area contributed by atoms with Crippen molar-refractivity contribution >= 4 is 46.4 Å². The predicted molar refractivity (Wildman–Crippen MR) is 167 cm³/mol. The van der Waals surface area contributed by atoms with Crippen molar-refractivity contribution < 1.29 is 18.9 Å². The van der Waals surface area contributed by atoms with Crippen LogP contribution in [-0.4, -0.2) is 28.1 Å². The number of furan rings is 1. The van der Waals surface area contributed by atoms with E-state index in [-0.39, 0.29) is 17.8 Å². The van der Waals surface area contributed by atoms with E-state index in [0.29, 0.717) is 22.2 Å². The van der Waals surface area contributed by atoms with Gasteiger partial charge < -0.3 is 19.4 Å². The van der Waals surface area contributed by atoms with Gasteiger partial charge in [0.15, 0.2) is 5.11 Å². The van der Waals surface area contributed by atoms with E-state index in [1.165, 1.54) is 31.0 Å². The molecule has 0 bridgehead atoms. The zero-order chi connectivity index (χ0) is 29.9. The number of pyridine rings is 1. The SMILES string of the molecule is COC(=O)c1cccc(-c2ccc([C@H]3[C@H](c4ccccn4)NC(=S)N3c3ccc(Sc4ccc([N+](=O)[O-])cc4)cc3)o2)c1. The number of nitrogens with one attached hydrogen (secondary N) is 1. The molecule has 1 saturated heterocycles. The largest absolute Gasteiger partial charge is 0.465 e. The summed E-state index contributed by atoms with van der Waals surface area (Å²) >= 11 is 7.35. The predicted octanol–water partition coefficient (Wildman–Crippen LogP) is 7.36. The number of nitro groups is 1. The highest BCUT2D eigenvalue weighted by molar-refractivity contribution is 7.99. The normalized spacial score (nSPS) is 16.1. The fourth-order valence-electron chi connectivity index (χ4n) is 4.95. The van der Waals surface area contributed by atoms with Crippen molar-refractivity contribution in [2.75, 3.05) is 12.0 Å². The third-order valence-electron chi connectivity index (χ3n) is 6.98. The molecule has 1 fully saturated rings. The summed E-state index contributed by atoms with van der Waals surface area (Å²) in [6.07, 6.45) is 1.75. The molecule has 43 heavy (non-hydrogen) atoms. The van der Waals surface area contributed by atoms with Gasteiger partial charge in [-0.15, -0.1) is 0 Å². The minimum absolute atomic E-state index is 0.0560. The smallest absolute Gasteiger partial charge is 0.337 e. The lowest BCUT2D eigenvalue weighted by molar-refractivity contribution is -0.384. The summed E-state index contributed by atoms with van der Waals surface area (Å²) in [4.78, 5) is 31.1. The maximum absolute atomic E-state index is 12.1. The molecule has 3 aromatic carbocycles. The van der Waals surface area contributed by atoms with Crippen LogP contribution >= 0.6 is 24.0 Å². The van der Waals surface area contributed by atoms with Crippen LogP contribution in [0.25, 0.3) is 11.3 Å². The number of nitro benzene ring substituents is 1. The molecule has 2 atom stereocenters. The van der Waals surface area contributed by atoms with Crippen LogP contribution in [0.15, 0.2) is 124 Å². The first-order valence-corrected chi connectivity index (χ1v) is 14.5.